The van der Waals surface area contributed by atoms with Crippen molar-refractivity contribution in [2.24, 2.45) is 12.5 Å². The van der Waals surface area contributed by atoms with E-state index in [0.29, 0.717) is 0 Å². The molecule has 0 N–H and O–H groups in total. The zero-order chi connectivity index (χ0) is 13.9. The molecule has 1 aromatic rings. The Morgan fingerprint density at radius 1 is 1.67 bits per heavy atom. The van der Waals surface area contributed by atoms with E-state index < -0.39 is 11.4 Å². The van der Waals surface area contributed by atoms with Crippen molar-refractivity contribution in [2.75, 3.05) is 6.61 Å². The molecule has 0 saturated carbocycles. The Labute approximate surface area is 115 Å². The molecule has 5 nitrogen and oxygen atoms in total. The third-order valence-corrected chi connectivity index (χ3v) is 3.79. The fraction of sp³-hybridized carbons (Fsp3) is 0.583. The summed E-state index contributed by atoms with van der Waals surface area (Å²) in [6.45, 7) is 5.43. The van der Waals surface area contributed by atoms with E-state index in [0.717, 1.165) is 15.9 Å². The topological polar surface area (TPSA) is 67.9 Å². The predicted octanol–water partition coefficient (Wildman–Crippen LogP) is 2.13. The molecule has 98 valence electrons. The Hall–Kier alpha value is -1.35. The van der Waals surface area contributed by atoms with E-state index in [2.05, 4.69) is 21.0 Å². The van der Waals surface area contributed by atoms with Crippen molar-refractivity contribution in [1.29, 1.82) is 5.26 Å². The number of nitriles is 1. The summed E-state index contributed by atoms with van der Waals surface area (Å²) in [6, 6.07) is 2.04. The molecule has 0 aliphatic rings. The number of aryl methyl sites for hydroxylation is 2. The second-order valence-electron chi connectivity index (χ2n) is 4.31. The fourth-order valence-electron chi connectivity index (χ4n) is 1.65. The van der Waals surface area contributed by atoms with Gasteiger partial charge in [0.2, 0.25) is 0 Å². The molecule has 1 unspecified atom stereocenters. The molecule has 0 bridgehead atoms. The zero-order valence-electron chi connectivity index (χ0n) is 11.0. The first-order valence-electron chi connectivity index (χ1n) is 5.62. The summed E-state index contributed by atoms with van der Waals surface area (Å²) in [4.78, 5) is 11.8. The van der Waals surface area contributed by atoms with Crippen LogP contribution >= 0.6 is 15.9 Å². The van der Waals surface area contributed by atoms with Gasteiger partial charge in [0.15, 0.2) is 5.41 Å². The minimum atomic E-state index is -1.20. The van der Waals surface area contributed by atoms with E-state index >= 15 is 0 Å². The average molecular weight is 314 g/mol. The number of carbonyl (C=O) groups excluding carboxylic acids is 1. The molecule has 1 heterocycles. The maximum Gasteiger partial charge on any atom is 0.326 e. The summed E-state index contributed by atoms with van der Waals surface area (Å²) >= 11 is 3.43. The second-order valence-corrected chi connectivity index (χ2v) is 5.10. The lowest BCUT2D eigenvalue weighted by molar-refractivity contribution is -0.151. The highest BCUT2D eigenvalue weighted by Gasteiger charge is 2.37. The van der Waals surface area contributed by atoms with Crippen LogP contribution in [-0.4, -0.2) is 22.4 Å². The van der Waals surface area contributed by atoms with Crippen molar-refractivity contribution >= 4 is 21.9 Å². The number of nitrogens with zero attached hydrogens (tertiary/aromatic N) is 3. The lowest BCUT2D eigenvalue weighted by atomic mass is 9.87. The van der Waals surface area contributed by atoms with Crippen LogP contribution in [0.1, 0.15) is 25.2 Å². The SMILES string of the molecule is CCOC(=O)C(C)(C#N)Cc1c(Br)c(C)nn1C. The van der Waals surface area contributed by atoms with Crippen LogP contribution in [0.4, 0.5) is 0 Å². The van der Waals surface area contributed by atoms with Gasteiger partial charge >= 0.3 is 5.97 Å². The van der Waals surface area contributed by atoms with Crippen LogP contribution < -0.4 is 0 Å². The predicted molar refractivity (Wildman–Crippen MR) is 69.7 cm³/mol. The molecular weight excluding hydrogens is 298 g/mol. The summed E-state index contributed by atoms with van der Waals surface area (Å²) in [5.74, 6) is -0.502. The van der Waals surface area contributed by atoms with Gasteiger partial charge in [0.25, 0.3) is 0 Å². The van der Waals surface area contributed by atoms with Crippen molar-refractivity contribution < 1.29 is 9.53 Å². The Bertz CT molecular complexity index is 504. The Morgan fingerprint density at radius 2 is 2.28 bits per heavy atom. The molecule has 0 amide bonds. The van der Waals surface area contributed by atoms with Crippen LogP contribution in [0.3, 0.4) is 0 Å². The van der Waals surface area contributed by atoms with Gasteiger partial charge < -0.3 is 4.74 Å². The molecule has 1 rings (SSSR count). The molecule has 0 fully saturated rings. The highest BCUT2D eigenvalue weighted by molar-refractivity contribution is 9.10. The highest BCUT2D eigenvalue weighted by Crippen LogP contribution is 2.29. The first kappa shape index (κ1) is 14.7. The number of aromatic nitrogens is 2. The van der Waals surface area contributed by atoms with E-state index in [1.807, 2.05) is 13.0 Å². The van der Waals surface area contributed by atoms with Gasteiger partial charge in [-0.2, -0.15) is 10.4 Å². The third kappa shape index (κ3) is 2.72. The molecule has 1 aromatic heterocycles. The van der Waals surface area contributed by atoms with Crippen LogP contribution in [0.2, 0.25) is 0 Å². The standard InChI is InChI=1S/C12H16BrN3O2/c1-5-18-11(17)12(3,7-14)6-9-10(13)8(2)15-16(9)4/h5-6H2,1-4H3. The van der Waals surface area contributed by atoms with E-state index in [4.69, 9.17) is 4.74 Å². The minimum absolute atomic E-state index is 0.264. The monoisotopic (exact) mass is 313 g/mol. The molecule has 18 heavy (non-hydrogen) atoms. The normalized spacial score (nSPS) is 13.8. The number of rotatable bonds is 4. The van der Waals surface area contributed by atoms with E-state index in [9.17, 15) is 10.1 Å². The largest absolute Gasteiger partial charge is 0.465 e. The number of ether oxygens (including phenoxy) is 1. The molecule has 0 aromatic carbocycles. The number of halogens is 1. The minimum Gasteiger partial charge on any atom is -0.465 e. The fourth-order valence-corrected chi connectivity index (χ4v) is 2.13. The number of carbonyl (C=O) groups is 1. The van der Waals surface area contributed by atoms with E-state index in [1.165, 1.54) is 0 Å². The first-order valence-corrected chi connectivity index (χ1v) is 6.41. The van der Waals surface area contributed by atoms with Gasteiger partial charge in [-0.3, -0.25) is 9.48 Å². The Morgan fingerprint density at radius 3 is 2.67 bits per heavy atom. The zero-order valence-corrected chi connectivity index (χ0v) is 12.5. The number of hydrogen-bond donors (Lipinski definition) is 0. The molecule has 1 atom stereocenters. The van der Waals surface area contributed by atoms with Crippen LogP contribution in [0.25, 0.3) is 0 Å². The summed E-state index contributed by atoms with van der Waals surface area (Å²) in [5, 5.41) is 13.5. The molecule has 0 saturated heterocycles. The Balaban J connectivity index is 3.07. The first-order chi connectivity index (χ1) is 8.35. The second kappa shape index (κ2) is 5.53. The summed E-state index contributed by atoms with van der Waals surface area (Å²) in [7, 11) is 1.79. The van der Waals surface area contributed by atoms with Crippen molar-refractivity contribution in [2.45, 2.75) is 27.2 Å². The van der Waals surface area contributed by atoms with Gasteiger partial charge in [0, 0.05) is 13.5 Å². The van der Waals surface area contributed by atoms with Crippen LogP contribution in [0.5, 0.6) is 0 Å². The summed E-state index contributed by atoms with van der Waals surface area (Å²) < 4.78 is 7.45. The lowest BCUT2D eigenvalue weighted by Crippen LogP contribution is -2.31. The molecule has 0 radical (unpaired) electrons. The number of hydrogen-bond acceptors (Lipinski definition) is 4. The Kier molecular flexibility index (Phi) is 4.52. The molecular formula is C12H16BrN3O2. The van der Waals surface area contributed by atoms with Gasteiger partial charge in [-0.05, 0) is 36.7 Å². The third-order valence-electron chi connectivity index (χ3n) is 2.76. The molecule has 0 spiro atoms. The quantitative estimate of drug-likeness (QED) is 0.798. The average Bonchev–Trinajstić information content (AvgIpc) is 2.56. The van der Waals surface area contributed by atoms with Gasteiger partial charge in [-0.15, -0.1) is 0 Å². The summed E-state index contributed by atoms with van der Waals surface area (Å²) in [6.07, 6.45) is 0.264. The number of esters is 1. The van der Waals surface area contributed by atoms with Crippen LogP contribution in [0, 0.1) is 23.7 Å². The van der Waals surface area contributed by atoms with Crippen molar-refractivity contribution in [3.05, 3.63) is 15.9 Å². The summed E-state index contributed by atoms with van der Waals surface area (Å²) in [5.41, 5.74) is 0.444. The highest BCUT2D eigenvalue weighted by atomic mass is 79.9. The molecule has 0 aliphatic heterocycles. The maximum absolute atomic E-state index is 11.8. The van der Waals surface area contributed by atoms with Crippen molar-refractivity contribution in [3.8, 4) is 6.07 Å². The van der Waals surface area contributed by atoms with Gasteiger partial charge in [-0.25, -0.2) is 0 Å². The van der Waals surface area contributed by atoms with E-state index in [1.54, 1.807) is 25.6 Å². The van der Waals surface area contributed by atoms with Crippen molar-refractivity contribution in [3.63, 3.8) is 0 Å². The molecule has 0 aliphatic carbocycles. The van der Waals surface area contributed by atoms with Gasteiger partial charge in [0.1, 0.15) is 0 Å². The van der Waals surface area contributed by atoms with Gasteiger partial charge in [-0.1, -0.05) is 0 Å². The van der Waals surface area contributed by atoms with Crippen LogP contribution in [0.15, 0.2) is 4.47 Å². The molecule has 6 heteroatoms. The van der Waals surface area contributed by atoms with Crippen LogP contribution in [-0.2, 0) is 23.0 Å². The smallest absolute Gasteiger partial charge is 0.326 e. The maximum atomic E-state index is 11.8. The van der Waals surface area contributed by atoms with E-state index in [-0.39, 0.29) is 13.0 Å². The lowest BCUT2D eigenvalue weighted by Gasteiger charge is -2.19. The van der Waals surface area contributed by atoms with Gasteiger partial charge in [0.05, 0.1) is 28.5 Å². The van der Waals surface area contributed by atoms with Crippen molar-refractivity contribution in [1.82, 2.24) is 9.78 Å².